The van der Waals surface area contributed by atoms with Crippen molar-refractivity contribution >= 4 is 0 Å². The zero-order valence-electron chi connectivity index (χ0n) is 10.3. The summed E-state index contributed by atoms with van der Waals surface area (Å²) in [5.41, 5.74) is 0. The maximum absolute atomic E-state index is 5.54. The molecule has 15 heavy (non-hydrogen) atoms. The van der Waals surface area contributed by atoms with Crippen LogP contribution in [-0.2, 0) is 9.47 Å². The Morgan fingerprint density at radius 2 is 2.33 bits per heavy atom. The number of ether oxygens (including phenoxy) is 2. The van der Waals surface area contributed by atoms with Gasteiger partial charge in [0.05, 0.1) is 6.61 Å². The van der Waals surface area contributed by atoms with E-state index in [9.17, 15) is 0 Å². The molecule has 90 valence electrons. The first-order valence-corrected chi connectivity index (χ1v) is 6.01. The van der Waals surface area contributed by atoms with Gasteiger partial charge in [-0.3, -0.25) is 0 Å². The molecule has 0 aromatic carbocycles. The second-order valence-corrected chi connectivity index (χ2v) is 4.67. The minimum atomic E-state index is 0.579. The maximum Gasteiger partial charge on any atom is 0.0509 e. The van der Waals surface area contributed by atoms with E-state index >= 15 is 0 Å². The number of rotatable bonds is 6. The van der Waals surface area contributed by atoms with Gasteiger partial charge in [0.25, 0.3) is 0 Å². The summed E-state index contributed by atoms with van der Waals surface area (Å²) in [6.45, 7) is 4.97. The van der Waals surface area contributed by atoms with Gasteiger partial charge in [-0.2, -0.15) is 0 Å². The minimum Gasteiger partial charge on any atom is -0.384 e. The number of methoxy groups -OCH3 is 1. The predicted molar refractivity (Wildman–Crippen MR) is 62.0 cm³/mol. The second-order valence-electron chi connectivity index (χ2n) is 4.67. The largest absolute Gasteiger partial charge is 0.384 e. The van der Waals surface area contributed by atoms with Crippen molar-refractivity contribution in [3.63, 3.8) is 0 Å². The zero-order chi connectivity index (χ0) is 11.1. The third-order valence-electron chi connectivity index (χ3n) is 3.24. The number of nitrogens with one attached hydrogen (secondary N) is 1. The van der Waals surface area contributed by atoms with E-state index in [0.29, 0.717) is 17.9 Å². The molecule has 1 heterocycles. The molecule has 0 aliphatic carbocycles. The summed E-state index contributed by atoms with van der Waals surface area (Å²) >= 11 is 0. The molecular weight excluding hydrogens is 190 g/mol. The standard InChI is InChI=1S/C12H25NO2/c1-10(8-14-3)7-12(13-2)11-5-4-6-15-9-11/h10-13H,4-9H2,1-3H3. The summed E-state index contributed by atoms with van der Waals surface area (Å²) in [7, 11) is 3.83. The molecule has 3 unspecified atom stereocenters. The molecule has 0 amide bonds. The maximum atomic E-state index is 5.54. The minimum absolute atomic E-state index is 0.579. The summed E-state index contributed by atoms with van der Waals surface area (Å²) < 4.78 is 10.7. The van der Waals surface area contributed by atoms with Crippen molar-refractivity contribution in [1.29, 1.82) is 0 Å². The average Bonchev–Trinajstić information content (AvgIpc) is 2.27. The zero-order valence-corrected chi connectivity index (χ0v) is 10.3. The Kier molecular flexibility index (Phi) is 6.22. The highest BCUT2D eigenvalue weighted by molar-refractivity contribution is 4.78. The van der Waals surface area contributed by atoms with E-state index in [1.54, 1.807) is 7.11 Å². The van der Waals surface area contributed by atoms with Crippen molar-refractivity contribution in [2.24, 2.45) is 11.8 Å². The fourth-order valence-electron chi connectivity index (χ4n) is 2.42. The lowest BCUT2D eigenvalue weighted by Crippen LogP contribution is -2.39. The Morgan fingerprint density at radius 1 is 1.53 bits per heavy atom. The topological polar surface area (TPSA) is 30.5 Å². The highest BCUT2D eigenvalue weighted by Gasteiger charge is 2.24. The van der Waals surface area contributed by atoms with Crippen molar-refractivity contribution in [3.05, 3.63) is 0 Å². The molecule has 0 aromatic rings. The summed E-state index contributed by atoms with van der Waals surface area (Å²) in [5, 5.41) is 3.43. The van der Waals surface area contributed by atoms with E-state index in [4.69, 9.17) is 9.47 Å². The molecule has 1 aliphatic heterocycles. The van der Waals surface area contributed by atoms with E-state index in [-0.39, 0.29) is 0 Å². The van der Waals surface area contributed by atoms with Gasteiger partial charge in [-0.15, -0.1) is 0 Å². The molecule has 0 aromatic heterocycles. The van der Waals surface area contributed by atoms with E-state index < -0.39 is 0 Å². The summed E-state index contributed by atoms with van der Waals surface area (Å²) in [6, 6.07) is 0.579. The van der Waals surface area contributed by atoms with Crippen molar-refractivity contribution in [2.45, 2.75) is 32.2 Å². The molecule has 1 aliphatic rings. The normalized spacial score (nSPS) is 26.2. The fraction of sp³-hybridized carbons (Fsp3) is 1.00. The Labute approximate surface area is 93.5 Å². The number of hydrogen-bond acceptors (Lipinski definition) is 3. The lowest BCUT2D eigenvalue weighted by molar-refractivity contribution is 0.0339. The van der Waals surface area contributed by atoms with Crippen LogP contribution in [0.15, 0.2) is 0 Å². The Morgan fingerprint density at radius 3 is 2.87 bits per heavy atom. The van der Waals surface area contributed by atoms with Crippen LogP contribution in [0.5, 0.6) is 0 Å². The van der Waals surface area contributed by atoms with Crippen molar-refractivity contribution < 1.29 is 9.47 Å². The lowest BCUT2D eigenvalue weighted by atomic mass is 9.88. The van der Waals surface area contributed by atoms with Crippen LogP contribution in [0.3, 0.4) is 0 Å². The van der Waals surface area contributed by atoms with E-state index in [2.05, 4.69) is 19.3 Å². The van der Waals surface area contributed by atoms with Crippen molar-refractivity contribution in [3.8, 4) is 0 Å². The van der Waals surface area contributed by atoms with Crippen LogP contribution in [0.2, 0.25) is 0 Å². The molecule has 0 bridgehead atoms. The third kappa shape index (κ3) is 4.49. The molecule has 0 radical (unpaired) electrons. The molecule has 1 N–H and O–H groups in total. The molecule has 1 fully saturated rings. The summed E-state index contributed by atoms with van der Waals surface area (Å²) in [6.07, 6.45) is 3.69. The van der Waals surface area contributed by atoms with Crippen molar-refractivity contribution in [1.82, 2.24) is 5.32 Å². The Hall–Kier alpha value is -0.120. The van der Waals surface area contributed by atoms with Crippen LogP contribution in [0.4, 0.5) is 0 Å². The van der Waals surface area contributed by atoms with E-state index in [1.165, 1.54) is 19.3 Å². The van der Waals surface area contributed by atoms with Crippen LogP contribution < -0.4 is 5.32 Å². The van der Waals surface area contributed by atoms with Crippen LogP contribution in [-0.4, -0.2) is 40.0 Å². The first kappa shape index (κ1) is 12.9. The quantitative estimate of drug-likeness (QED) is 0.731. The second kappa shape index (κ2) is 7.20. The van der Waals surface area contributed by atoms with Gasteiger partial charge < -0.3 is 14.8 Å². The highest BCUT2D eigenvalue weighted by Crippen LogP contribution is 2.22. The first-order chi connectivity index (χ1) is 7.27. The van der Waals surface area contributed by atoms with Gasteiger partial charge in [-0.05, 0) is 38.1 Å². The highest BCUT2D eigenvalue weighted by atomic mass is 16.5. The van der Waals surface area contributed by atoms with Gasteiger partial charge in [-0.1, -0.05) is 6.92 Å². The smallest absolute Gasteiger partial charge is 0.0509 e. The van der Waals surface area contributed by atoms with Crippen LogP contribution in [0.1, 0.15) is 26.2 Å². The van der Waals surface area contributed by atoms with Gasteiger partial charge >= 0.3 is 0 Å². The molecule has 3 atom stereocenters. The molecule has 3 nitrogen and oxygen atoms in total. The number of hydrogen-bond donors (Lipinski definition) is 1. The van der Waals surface area contributed by atoms with E-state index in [1.807, 2.05) is 0 Å². The predicted octanol–water partition coefficient (Wildman–Crippen LogP) is 1.67. The van der Waals surface area contributed by atoms with Crippen LogP contribution >= 0.6 is 0 Å². The SMILES string of the molecule is CNC(CC(C)COC)C1CCCOC1. The van der Waals surface area contributed by atoms with Gasteiger partial charge in [0.1, 0.15) is 0 Å². The summed E-state index contributed by atoms with van der Waals surface area (Å²) in [4.78, 5) is 0. The Bertz CT molecular complexity index is 158. The summed E-state index contributed by atoms with van der Waals surface area (Å²) in [5.74, 6) is 1.30. The lowest BCUT2D eigenvalue weighted by Gasteiger charge is -2.31. The van der Waals surface area contributed by atoms with Gasteiger partial charge in [0, 0.05) is 26.4 Å². The van der Waals surface area contributed by atoms with Gasteiger partial charge in [-0.25, -0.2) is 0 Å². The monoisotopic (exact) mass is 215 g/mol. The molecule has 0 spiro atoms. The van der Waals surface area contributed by atoms with Gasteiger partial charge in [0.15, 0.2) is 0 Å². The van der Waals surface area contributed by atoms with E-state index in [0.717, 1.165) is 19.8 Å². The Balaban J connectivity index is 2.32. The van der Waals surface area contributed by atoms with Crippen LogP contribution in [0, 0.1) is 11.8 Å². The van der Waals surface area contributed by atoms with Gasteiger partial charge in [0.2, 0.25) is 0 Å². The molecule has 1 rings (SSSR count). The van der Waals surface area contributed by atoms with Crippen LogP contribution in [0.25, 0.3) is 0 Å². The first-order valence-electron chi connectivity index (χ1n) is 6.01. The van der Waals surface area contributed by atoms with Crippen molar-refractivity contribution in [2.75, 3.05) is 34.0 Å². The molecule has 1 saturated heterocycles. The fourth-order valence-corrected chi connectivity index (χ4v) is 2.42. The molecule has 0 saturated carbocycles. The average molecular weight is 215 g/mol. The third-order valence-corrected chi connectivity index (χ3v) is 3.24. The molecular formula is C12H25NO2. The molecule has 3 heteroatoms.